The van der Waals surface area contributed by atoms with Gasteiger partial charge in [-0.3, -0.25) is 19.8 Å². The fraction of sp³-hybridized carbons (Fsp3) is 0.304. The van der Waals surface area contributed by atoms with Gasteiger partial charge in [-0.1, -0.05) is 17.7 Å². The molecule has 8 nitrogen and oxygen atoms in total. The van der Waals surface area contributed by atoms with Gasteiger partial charge in [0.2, 0.25) is 0 Å². The van der Waals surface area contributed by atoms with Gasteiger partial charge in [0.25, 0.3) is 5.91 Å². The van der Waals surface area contributed by atoms with Gasteiger partial charge >= 0.3 is 0 Å². The molecule has 1 aliphatic heterocycles. The topological polar surface area (TPSA) is 96.0 Å². The number of aryl methyl sites for hydroxylation is 1. The van der Waals surface area contributed by atoms with E-state index in [9.17, 15) is 4.79 Å². The minimum atomic E-state index is -0.201. The predicted molar refractivity (Wildman–Crippen MR) is 130 cm³/mol. The van der Waals surface area contributed by atoms with Crippen molar-refractivity contribution in [3.63, 3.8) is 0 Å². The zero-order valence-corrected chi connectivity index (χ0v) is 19.7. The summed E-state index contributed by atoms with van der Waals surface area (Å²) < 4.78 is 5.38. The van der Waals surface area contributed by atoms with Crippen LogP contribution in [-0.4, -0.2) is 70.4 Å². The number of pyridine rings is 1. The molecule has 4 aromatic rings. The van der Waals surface area contributed by atoms with E-state index >= 15 is 0 Å². The van der Waals surface area contributed by atoms with Crippen LogP contribution in [0.3, 0.4) is 0 Å². The number of thiazole rings is 1. The summed E-state index contributed by atoms with van der Waals surface area (Å²) in [5.74, 6) is -0.201. The highest BCUT2D eigenvalue weighted by molar-refractivity contribution is 7.18. The Balaban J connectivity index is 1.46. The van der Waals surface area contributed by atoms with E-state index in [1.54, 1.807) is 12.4 Å². The number of fused-ring (bicyclic) bond motifs is 1. The second-order valence-electron chi connectivity index (χ2n) is 7.82. The molecular weight excluding hydrogens is 460 g/mol. The highest BCUT2D eigenvalue weighted by atomic mass is 35.5. The molecule has 0 unspecified atom stereocenters. The molecule has 1 aliphatic rings. The Labute approximate surface area is 200 Å². The summed E-state index contributed by atoms with van der Waals surface area (Å²) in [6, 6.07) is 7.57. The van der Waals surface area contributed by atoms with E-state index in [-0.39, 0.29) is 5.91 Å². The molecular formula is C23H23ClN6O2S. The molecule has 0 saturated carbocycles. The van der Waals surface area contributed by atoms with E-state index in [4.69, 9.17) is 21.3 Å². The molecule has 0 atom stereocenters. The largest absolute Gasteiger partial charge is 0.379 e. The maximum Gasteiger partial charge on any atom is 0.271 e. The van der Waals surface area contributed by atoms with Crippen molar-refractivity contribution in [3.05, 3.63) is 52.9 Å². The summed E-state index contributed by atoms with van der Waals surface area (Å²) in [5.41, 5.74) is 3.71. The first kappa shape index (κ1) is 22.0. The molecule has 1 fully saturated rings. The molecule has 1 aromatic carbocycles. The van der Waals surface area contributed by atoms with Crippen molar-refractivity contribution in [2.75, 3.05) is 39.4 Å². The summed E-state index contributed by atoms with van der Waals surface area (Å²) in [6.45, 7) is 6.49. The molecule has 33 heavy (non-hydrogen) atoms. The first-order valence-corrected chi connectivity index (χ1v) is 11.9. The van der Waals surface area contributed by atoms with E-state index < -0.39 is 0 Å². The fourth-order valence-corrected chi connectivity index (χ4v) is 5.08. The first-order chi connectivity index (χ1) is 16.1. The van der Waals surface area contributed by atoms with Crippen molar-refractivity contribution < 1.29 is 9.53 Å². The first-order valence-electron chi connectivity index (χ1n) is 10.7. The van der Waals surface area contributed by atoms with Crippen molar-refractivity contribution in [3.8, 4) is 21.1 Å². The number of aromatic amines is 1. The van der Waals surface area contributed by atoms with Crippen molar-refractivity contribution in [2.24, 2.45) is 0 Å². The van der Waals surface area contributed by atoms with E-state index in [1.165, 1.54) is 11.3 Å². The Kier molecular flexibility index (Phi) is 6.37. The van der Waals surface area contributed by atoms with Crippen LogP contribution in [0.25, 0.3) is 32.0 Å². The summed E-state index contributed by atoms with van der Waals surface area (Å²) in [4.78, 5) is 25.2. The molecule has 3 aromatic heterocycles. The van der Waals surface area contributed by atoms with Gasteiger partial charge in [0.05, 0.1) is 23.6 Å². The third-order valence-corrected chi connectivity index (χ3v) is 7.24. The van der Waals surface area contributed by atoms with Gasteiger partial charge in [-0.15, -0.1) is 11.3 Å². The van der Waals surface area contributed by atoms with Crippen molar-refractivity contribution in [2.45, 2.75) is 6.92 Å². The number of benzene rings is 1. The van der Waals surface area contributed by atoms with Crippen LogP contribution < -0.4 is 5.32 Å². The van der Waals surface area contributed by atoms with E-state index in [0.29, 0.717) is 22.3 Å². The molecule has 1 amide bonds. The van der Waals surface area contributed by atoms with Gasteiger partial charge in [-0.05, 0) is 30.7 Å². The number of morpholine rings is 1. The van der Waals surface area contributed by atoms with Gasteiger partial charge < -0.3 is 10.1 Å². The van der Waals surface area contributed by atoms with Crippen molar-refractivity contribution in [1.29, 1.82) is 0 Å². The lowest BCUT2D eigenvalue weighted by molar-refractivity contribution is 0.0383. The number of amides is 1. The van der Waals surface area contributed by atoms with Crippen LogP contribution >= 0.6 is 22.9 Å². The van der Waals surface area contributed by atoms with Crippen molar-refractivity contribution >= 4 is 39.7 Å². The monoisotopic (exact) mass is 482 g/mol. The molecule has 0 aliphatic carbocycles. The number of ether oxygens (including phenoxy) is 1. The number of hydrogen-bond acceptors (Lipinski definition) is 7. The number of nitrogens with zero attached hydrogens (tertiary/aromatic N) is 4. The number of nitrogens with one attached hydrogen (secondary N) is 2. The smallest absolute Gasteiger partial charge is 0.271 e. The molecule has 170 valence electrons. The maximum absolute atomic E-state index is 13.2. The third kappa shape index (κ3) is 4.49. The Bertz CT molecular complexity index is 1280. The minimum absolute atomic E-state index is 0.201. The number of aromatic nitrogens is 4. The quantitative estimate of drug-likeness (QED) is 0.434. The Morgan fingerprint density at radius 1 is 1.30 bits per heavy atom. The zero-order valence-electron chi connectivity index (χ0n) is 18.1. The number of halogens is 1. The molecule has 5 rings (SSSR count). The number of rotatable bonds is 6. The molecule has 0 radical (unpaired) electrons. The average Bonchev–Trinajstić information content (AvgIpc) is 3.48. The zero-order chi connectivity index (χ0) is 22.8. The number of hydrogen-bond donors (Lipinski definition) is 2. The van der Waals surface area contributed by atoms with E-state index in [1.807, 2.05) is 31.2 Å². The second-order valence-corrected chi connectivity index (χ2v) is 9.22. The van der Waals surface area contributed by atoms with Gasteiger partial charge in [-0.25, -0.2) is 4.98 Å². The summed E-state index contributed by atoms with van der Waals surface area (Å²) in [5, 5.41) is 12.8. The van der Waals surface area contributed by atoms with Crippen LogP contribution in [0.1, 0.15) is 16.1 Å². The molecule has 10 heteroatoms. The lowest BCUT2D eigenvalue weighted by Crippen LogP contribution is -2.41. The minimum Gasteiger partial charge on any atom is -0.379 e. The molecule has 2 N–H and O–H groups in total. The third-order valence-electron chi connectivity index (χ3n) is 5.71. The van der Waals surface area contributed by atoms with E-state index in [2.05, 4.69) is 25.4 Å². The average molecular weight is 483 g/mol. The summed E-state index contributed by atoms with van der Waals surface area (Å²) in [6.07, 6.45) is 3.46. The van der Waals surface area contributed by atoms with Crippen LogP contribution in [-0.2, 0) is 4.74 Å². The predicted octanol–water partition coefficient (Wildman–Crippen LogP) is 3.77. The normalized spacial score (nSPS) is 14.6. The highest BCUT2D eigenvalue weighted by Crippen LogP contribution is 2.38. The summed E-state index contributed by atoms with van der Waals surface area (Å²) in [7, 11) is 0. The highest BCUT2D eigenvalue weighted by Gasteiger charge is 2.23. The Hall–Kier alpha value is -2.85. The van der Waals surface area contributed by atoms with Crippen LogP contribution in [0.15, 0.2) is 36.7 Å². The van der Waals surface area contributed by atoms with Gasteiger partial charge in [0, 0.05) is 54.5 Å². The number of carbonyl (C=O) groups excluding carboxylic acids is 1. The van der Waals surface area contributed by atoms with Gasteiger partial charge in [0.1, 0.15) is 16.4 Å². The molecule has 1 saturated heterocycles. The number of carbonyl (C=O) groups is 1. The van der Waals surface area contributed by atoms with Crippen LogP contribution in [0.2, 0.25) is 5.02 Å². The van der Waals surface area contributed by atoms with Crippen LogP contribution in [0.4, 0.5) is 0 Å². The molecule has 0 spiro atoms. The van der Waals surface area contributed by atoms with Gasteiger partial charge in [-0.2, -0.15) is 5.10 Å². The number of H-pyrrole nitrogens is 1. The van der Waals surface area contributed by atoms with Gasteiger partial charge in [0.15, 0.2) is 0 Å². The lowest BCUT2D eigenvalue weighted by Gasteiger charge is -2.26. The Morgan fingerprint density at radius 2 is 2.15 bits per heavy atom. The standard InChI is InChI=1S/C23H23ClN6O2S/c1-14-17(24)5-4-16-18(14)28-29-19(16)23-27-20(21(33-23)15-3-2-6-25-13-15)22(31)26-7-8-30-9-11-32-12-10-30/h2-6,13H,7-12H2,1H3,(H,26,31)(H,28,29). The van der Waals surface area contributed by atoms with Crippen LogP contribution in [0.5, 0.6) is 0 Å². The van der Waals surface area contributed by atoms with Crippen molar-refractivity contribution in [1.82, 2.24) is 30.4 Å². The fourth-order valence-electron chi connectivity index (χ4n) is 3.87. The van der Waals surface area contributed by atoms with Crippen LogP contribution in [0, 0.1) is 6.92 Å². The Morgan fingerprint density at radius 3 is 2.94 bits per heavy atom. The maximum atomic E-state index is 13.2. The van der Waals surface area contributed by atoms with E-state index in [0.717, 1.165) is 65.4 Å². The second kappa shape index (κ2) is 9.56. The molecule has 4 heterocycles. The lowest BCUT2D eigenvalue weighted by atomic mass is 10.1. The summed E-state index contributed by atoms with van der Waals surface area (Å²) >= 11 is 7.70. The molecule has 0 bridgehead atoms. The SMILES string of the molecule is Cc1c(Cl)ccc2c(-c3nc(C(=O)NCCN4CCOCC4)c(-c4cccnc4)s3)[nH]nc12.